The predicted molar refractivity (Wildman–Crippen MR) is 106 cm³/mol. The normalized spacial score (nSPS) is 15.8. The van der Waals surface area contributed by atoms with Crippen LogP contribution >= 0.6 is 0 Å². The molecule has 0 aromatic heterocycles. The molecule has 0 radical (unpaired) electrons. The van der Waals surface area contributed by atoms with Gasteiger partial charge in [0.2, 0.25) is 0 Å². The van der Waals surface area contributed by atoms with Gasteiger partial charge in [-0.05, 0) is 60.4 Å². The van der Waals surface area contributed by atoms with Crippen molar-refractivity contribution in [2.45, 2.75) is 51.6 Å². The zero-order valence-electron chi connectivity index (χ0n) is 15.7. The van der Waals surface area contributed by atoms with E-state index in [0.29, 0.717) is 24.5 Å². The molecule has 1 fully saturated rings. The third-order valence-electron chi connectivity index (χ3n) is 5.04. The minimum absolute atomic E-state index is 0.216. The van der Waals surface area contributed by atoms with Crippen molar-refractivity contribution >= 4 is 5.57 Å². The lowest BCUT2D eigenvalue weighted by molar-refractivity contribution is -0.0425. The average Bonchev–Trinajstić information content (AvgIpc) is 3.53. The van der Waals surface area contributed by atoms with Gasteiger partial charge in [0, 0.05) is 5.56 Å². The van der Waals surface area contributed by atoms with Crippen LogP contribution in [0.2, 0.25) is 0 Å². The van der Waals surface area contributed by atoms with E-state index in [1.54, 1.807) is 12.1 Å². The molecule has 1 aliphatic rings. The van der Waals surface area contributed by atoms with E-state index in [-0.39, 0.29) is 6.10 Å². The highest BCUT2D eigenvalue weighted by Crippen LogP contribution is 2.34. The molecule has 1 atom stereocenters. The first-order valence-electron chi connectivity index (χ1n) is 9.62. The molecule has 3 rings (SSSR count). The van der Waals surface area contributed by atoms with Crippen LogP contribution in [-0.4, -0.2) is 21.4 Å². The predicted octanol–water partition coefficient (Wildman–Crippen LogP) is 4.20. The number of hydrogen-bond acceptors (Lipinski definition) is 4. The second-order valence-electron chi connectivity index (χ2n) is 7.16. The van der Waals surface area contributed by atoms with Crippen LogP contribution in [0.4, 0.5) is 0 Å². The van der Waals surface area contributed by atoms with Crippen LogP contribution in [0.1, 0.15) is 55.6 Å². The quantitative estimate of drug-likeness (QED) is 0.580. The highest BCUT2D eigenvalue weighted by molar-refractivity contribution is 5.66. The van der Waals surface area contributed by atoms with Crippen LogP contribution in [0.25, 0.3) is 5.57 Å². The van der Waals surface area contributed by atoms with Crippen LogP contribution in [0.5, 0.6) is 5.75 Å². The van der Waals surface area contributed by atoms with E-state index >= 15 is 0 Å². The Kier molecular flexibility index (Phi) is 6.67. The highest BCUT2D eigenvalue weighted by atomic mass is 16.5. The first-order valence-corrected chi connectivity index (χ1v) is 9.62. The molecule has 0 aliphatic heterocycles. The van der Waals surface area contributed by atoms with Crippen molar-refractivity contribution in [2.75, 3.05) is 0 Å². The molecule has 27 heavy (non-hydrogen) atoms. The molecule has 0 saturated heterocycles. The molecule has 2 aromatic rings. The molecular weight excluding hydrogens is 340 g/mol. The van der Waals surface area contributed by atoms with Crippen molar-refractivity contribution in [1.29, 1.82) is 0 Å². The van der Waals surface area contributed by atoms with Crippen LogP contribution in [-0.2, 0) is 6.61 Å². The van der Waals surface area contributed by atoms with Crippen molar-refractivity contribution in [1.82, 2.24) is 0 Å². The summed E-state index contributed by atoms with van der Waals surface area (Å²) in [5, 5.41) is 28.4. The number of benzene rings is 2. The number of hydrogen-bond donors (Lipinski definition) is 3. The largest absolute Gasteiger partial charge is 0.489 e. The minimum atomic E-state index is -1.45. The number of rotatable bonds is 9. The zero-order chi connectivity index (χ0) is 19.2. The third kappa shape index (κ3) is 5.67. The Hall–Kier alpha value is -2.14. The monoisotopic (exact) mass is 368 g/mol. The van der Waals surface area contributed by atoms with Crippen molar-refractivity contribution in [3.05, 3.63) is 71.3 Å². The van der Waals surface area contributed by atoms with Crippen molar-refractivity contribution in [3.63, 3.8) is 0 Å². The first-order chi connectivity index (χ1) is 13.1. The van der Waals surface area contributed by atoms with Gasteiger partial charge in [-0.25, -0.2) is 0 Å². The molecule has 3 N–H and O–H groups in total. The van der Waals surface area contributed by atoms with Gasteiger partial charge >= 0.3 is 0 Å². The van der Waals surface area contributed by atoms with E-state index in [0.717, 1.165) is 36.1 Å². The number of allylic oxidation sites excluding steroid dienone is 1. The summed E-state index contributed by atoms with van der Waals surface area (Å²) in [4.78, 5) is 0. The van der Waals surface area contributed by atoms with E-state index in [1.165, 1.54) is 5.57 Å². The molecular formula is C23H28O4. The summed E-state index contributed by atoms with van der Waals surface area (Å²) in [6, 6.07) is 15.0. The standard InChI is InChI=1S/C23H28O4/c1-2-17(12-13-22(24)18-10-11-18)20-4-3-5-21(14-20)27-15-16-6-8-19(9-7-16)23(25)26/h3-9,12,14,18,22-26H,2,10-11,13,15H2,1H3. The summed E-state index contributed by atoms with van der Waals surface area (Å²) >= 11 is 0. The molecule has 0 heterocycles. The fourth-order valence-corrected chi connectivity index (χ4v) is 3.14. The van der Waals surface area contributed by atoms with Crippen LogP contribution in [0.3, 0.4) is 0 Å². The smallest absolute Gasteiger partial charge is 0.178 e. The third-order valence-corrected chi connectivity index (χ3v) is 5.04. The molecule has 1 saturated carbocycles. The van der Waals surface area contributed by atoms with Gasteiger partial charge in [0.1, 0.15) is 12.4 Å². The summed E-state index contributed by atoms with van der Waals surface area (Å²) < 4.78 is 5.90. The van der Waals surface area contributed by atoms with E-state index in [9.17, 15) is 5.11 Å². The maximum atomic E-state index is 10.1. The molecule has 1 unspecified atom stereocenters. The molecule has 2 aromatic carbocycles. The molecule has 0 bridgehead atoms. The lowest BCUT2D eigenvalue weighted by Gasteiger charge is -2.12. The van der Waals surface area contributed by atoms with E-state index in [2.05, 4.69) is 19.1 Å². The summed E-state index contributed by atoms with van der Waals surface area (Å²) in [6.07, 6.45) is 4.41. The summed E-state index contributed by atoms with van der Waals surface area (Å²) in [7, 11) is 0. The topological polar surface area (TPSA) is 69.9 Å². The first kappa shape index (κ1) is 19.6. The Balaban J connectivity index is 1.62. The summed E-state index contributed by atoms with van der Waals surface area (Å²) in [5.74, 6) is 1.29. The zero-order valence-corrected chi connectivity index (χ0v) is 15.7. The van der Waals surface area contributed by atoms with Crippen molar-refractivity contribution in [2.24, 2.45) is 5.92 Å². The van der Waals surface area contributed by atoms with Crippen molar-refractivity contribution < 1.29 is 20.1 Å². The maximum Gasteiger partial charge on any atom is 0.178 e. The Bertz CT molecular complexity index is 760. The van der Waals surface area contributed by atoms with Gasteiger partial charge in [-0.3, -0.25) is 0 Å². The lowest BCUT2D eigenvalue weighted by Crippen LogP contribution is -2.07. The van der Waals surface area contributed by atoms with Crippen molar-refractivity contribution in [3.8, 4) is 5.75 Å². The number of aliphatic hydroxyl groups is 3. The molecule has 1 aliphatic carbocycles. The average molecular weight is 368 g/mol. The van der Waals surface area contributed by atoms with E-state index < -0.39 is 6.29 Å². The Morgan fingerprint density at radius 1 is 1.11 bits per heavy atom. The minimum Gasteiger partial charge on any atom is -0.489 e. The molecule has 0 amide bonds. The highest BCUT2D eigenvalue weighted by Gasteiger charge is 2.28. The maximum absolute atomic E-state index is 10.1. The number of ether oxygens (including phenoxy) is 1. The number of aliphatic hydroxyl groups excluding tert-OH is 2. The Labute approximate surface area is 160 Å². The van der Waals surface area contributed by atoms with Gasteiger partial charge in [-0.2, -0.15) is 0 Å². The Morgan fingerprint density at radius 2 is 1.85 bits per heavy atom. The van der Waals surface area contributed by atoms with Crippen LogP contribution in [0, 0.1) is 5.92 Å². The second kappa shape index (κ2) is 9.18. The van der Waals surface area contributed by atoms with Crippen LogP contribution < -0.4 is 4.74 Å². The second-order valence-corrected chi connectivity index (χ2v) is 7.16. The van der Waals surface area contributed by atoms with E-state index in [1.807, 2.05) is 30.3 Å². The van der Waals surface area contributed by atoms with Gasteiger partial charge in [0.05, 0.1) is 6.10 Å². The van der Waals surface area contributed by atoms with Gasteiger partial charge in [-0.1, -0.05) is 49.4 Å². The molecule has 4 nitrogen and oxygen atoms in total. The summed E-state index contributed by atoms with van der Waals surface area (Å²) in [5.41, 5.74) is 3.77. The molecule has 4 heteroatoms. The fraction of sp³-hybridized carbons (Fsp3) is 0.391. The molecule has 144 valence electrons. The van der Waals surface area contributed by atoms with Crippen LogP contribution in [0.15, 0.2) is 54.6 Å². The van der Waals surface area contributed by atoms with Gasteiger partial charge < -0.3 is 20.1 Å². The fourth-order valence-electron chi connectivity index (χ4n) is 3.14. The summed E-state index contributed by atoms with van der Waals surface area (Å²) in [6.45, 7) is 2.54. The Morgan fingerprint density at radius 3 is 2.48 bits per heavy atom. The SMILES string of the molecule is CCC(=CCC(O)C1CC1)c1cccc(OCc2ccc(C(O)O)cc2)c1. The molecule has 0 spiro atoms. The van der Waals surface area contributed by atoms with Gasteiger partial charge in [0.15, 0.2) is 6.29 Å². The lowest BCUT2D eigenvalue weighted by atomic mass is 10.00. The van der Waals surface area contributed by atoms with Gasteiger partial charge in [-0.15, -0.1) is 0 Å². The van der Waals surface area contributed by atoms with E-state index in [4.69, 9.17) is 14.9 Å². The van der Waals surface area contributed by atoms with Gasteiger partial charge in [0.25, 0.3) is 0 Å².